The number of nitrogens with zero attached hydrogens (tertiary/aromatic N) is 3. The molecule has 158 valence electrons. The highest BCUT2D eigenvalue weighted by atomic mass is 127. The van der Waals surface area contributed by atoms with Crippen LogP contribution in [0.3, 0.4) is 0 Å². The van der Waals surface area contributed by atoms with E-state index in [1.165, 1.54) is 0 Å². The molecule has 4 rings (SSSR count). The smallest absolute Gasteiger partial charge is 0.247 e. The Balaban J connectivity index is 1.45. The number of allylic oxidation sites excluding steroid dienone is 2. The second kappa shape index (κ2) is 9.97. The fraction of sp³-hybridized carbons (Fsp3) is 0.174. The third-order valence-corrected chi connectivity index (χ3v) is 5.87. The molecule has 0 bridgehead atoms. The lowest BCUT2D eigenvalue weighted by Crippen LogP contribution is -2.24. The van der Waals surface area contributed by atoms with E-state index in [0.717, 1.165) is 20.5 Å². The van der Waals surface area contributed by atoms with Gasteiger partial charge in [-0.05, 0) is 64.9 Å². The fourth-order valence-electron chi connectivity index (χ4n) is 3.22. The van der Waals surface area contributed by atoms with E-state index in [2.05, 4.69) is 37.5 Å². The van der Waals surface area contributed by atoms with Crippen molar-refractivity contribution in [3.8, 4) is 5.75 Å². The second-order valence-electron chi connectivity index (χ2n) is 6.96. The van der Waals surface area contributed by atoms with Crippen LogP contribution in [0.15, 0.2) is 74.4 Å². The van der Waals surface area contributed by atoms with Crippen LogP contribution >= 0.6 is 45.8 Å². The summed E-state index contributed by atoms with van der Waals surface area (Å²) in [6.45, 7) is 1.03. The van der Waals surface area contributed by atoms with Crippen LogP contribution in [0, 0.1) is 0 Å². The Kier molecular flexibility index (Phi) is 7.09. The third-order valence-electron chi connectivity index (χ3n) is 4.70. The molecule has 8 heteroatoms. The number of aliphatic imine (C=N–C) groups is 2. The Morgan fingerprint density at radius 3 is 2.87 bits per heavy atom. The molecule has 2 aromatic carbocycles. The zero-order valence-corrected chi connectivity index (χ0v) is 20.1. The Morgan fingerprint density at radius 1 is 1.19 bits per heavy atom. The molecule has 2 aromatic rings. The lowest BCUT2D eigenvalue weighted by Gasteiger charge is -2.21. The lowest BCUT2D eigenvalue weighted by molar-refractivity contribution is -0.118. The minimum Gasteiger partial charge on any atom is -0.492 e. The highest BCUT2D eigenvalue weighted by Gasteiger charge is 2.21. The average molecular weight is 566 g/mol. The van der Waals surface area contributed by atoms with Gasteiger partial charge in [0.05, 0.1) is 11.6 Å². The van der Waals surface area contributed by atoms with Gasteiger partial charge in [0.25, 0.3) is 0 Å². The Hall–Kier alpha value is -2.16. The molecular weight excluding hydrogens is 548 g/mol. The SMILES string of the molecule is O=C(CCCOc1ccc(Cl)cc1Cl)N=C1N=C2C=CC(I)=CN2Cc2ccccc21. The van der Waals surface area contributed by atoms with Gasteiger partial charge in [0.15, 0.2) is 5.84 Å². The van der Waals surface area contributed by atoms with Crippen molar-refractivity contribution in [3.05, 3.63) is 85.6 Å². The molecule has 0 saturated carbocycles. The first-order chi connectivity index (χ1) is 15.0. The number of rotatable bonds is 5. The van der Waals surface area contributed by atoms with Crippen LogP contribution in [0.5, 0.6) is 5.75 Å². The molecule has 5 nitrogen and oxygen atoms in total. The molecule has 0 spiro atoms. The van der Waals surface area contributed by atoms with Gasteiger partial charge < -0.3 is 9.64 Å². The summed E-state index contributed by atoms with van der Waals surface area (Å²) >= 11 is 14.3. The number of carbonyl (C=O) groups excluding carboxylic acids is 1. The molecule has 0 saturated heterocycles. The molecule has 2 aliphatic rings. The van der Waals surface area contributed by atoms with Crippen molar-refractivity contribution in [2.75, 3.05) is 6.61 Å². The maximum absolute atomic E-state index is 12.6. The molecule has 0 fully saturated rings. The quantitative estimate of drug-likeness (QED) is 0.321. The number of amides is 1. The van der Waals surface area contributed by atoms with Gasteiger partial charge in [0.1, 0.15) is 11.6 Å². The van der Waals surface area contributed by atoms with Crippen molar-refractivity contribution in [2.45, 2.75) is 19.4 Å². The van der Waals surface area contributed by atoms with Gasteiger partial charge in [-0.3, -0.25) is 4.79 Å². The molecule has 2 heterocycles. The van der Waals surface area contributed by atoms with Crippen molar-refractivity contribution in [3.63, 3.8) is 0 Å². The van der Waals surface area contributed by atoms with Crippen LogP contribution in [0.2, 0.25) is 10.0 Å². The number of ether oxygens (including phenoxy) is 1. The van der Waals surface area contributed by atoms with Gasteiger partial charge in [-0.1, -0.05) is 47.5 Å². The maximum atomic E-state index is 12.6. The third kappa shape index (κ3) is 5.56. The highest BCUT2D eigenvalue weighted by Crippen LogP contribution is 2.28. The van der Waals surface area contributed by atoms with E-state index in [-0.39, 0.29) is 12.3 Å². The van der Waals surface area contributed by atoms with Gasteiger partial charge in [0.2, 0.25) is 5.91 Å². The van der Waals surface area contributed by atoms with E-state index in [1.54, 1.807) is 18.2 Å². The van der Waals surface area contributed by atoms with Crippen molar-refractivity contribution in [2.24, 2.45) is 9.98 Å². The first-order valence-corrected chi connectivity index (χ1v) is 11.5. The predicted octanol–water partition coefficient (Wildman–Crippen LogP) is 6.19. The Morgan fingerprint density at radius 2 is 2.03 bits per heavy atom. The van der Waals surface area contributed by atoms with Crippen molar-refractivity contribution < 1.29 is 9.53 Å². The predicted molar refractivity (Wildman–Crippen MR) is 133 cm³/mol. The molecule has 0 radical (unpaired) electrons. The Labute approximate surface area is 204 Å². The van der Waals surface area contributed by atoms with Crippen LogP contribution in [0.25, 0.3) is 0 Å². The first kappa shape index (κ1) is 22.0. The summed E-state index contributed by atoms with van der Waals surface area (Å²) in [6, 6.07) is 13.0. The second-order valence-corrected chi connectivity index (χ2v) is 9.05. The van der Waals surface area contributed by atoms with Crippen LogP contribution in [0.4, 0.5) is 0 Å². The summed E-state index contributed by atoms with van der Waals surface area (Å²) in [5.74, 6) is 1.51. The number of fused-ring (bicyclic) bond motifs is 2. The van der Waals surface area contributed by atoms with Gasteiger partial charge in [-0.2, -0.15) is 4.99 Å². The molecule has 0 unspecified atom stereocenters. The number of hydrogen-bond donors (Lipinski definition) is 0. The van der Waals surface area contributed by atoms with Gasteiger partial charge in [-0.15, -0.1) is 0 Å². The number of amidine groups is 2. The summed E-state index contributed by atoms with van der Waals surface area (Å²) in [4.78, 5) is 23.6. The van der Waals surface area contributed by atoms with Crippen molar-refractivity contribution in [1.29, 1.82) is 0 Å². The molecule has 0 aromatic heterocycles. The van der Waals surface area contributed by atoms with Crippen LogP contribution < -0.4 is 4.74 Å². The minimum atomic E-state index is -0.238. The summed E-state index contributed by atoms with van der Waals surface area (Å²) in [5.41, 5.74) is 1.95. The van der Waals surface area contributed by atoms with Crippen LogP contribution in [-0.2, 0) is 11.3 Å². The standard InChI is InChI=1S/C23H18Cl2IN3O2/c24-16-7-9-20(19(25)12-16)31-11-3-6-22(30)28-23-18-5-2-1-4-15(18)13-29-14-17(26)8-10-21(29)27-23/h1-2,4-5,7-10,12,14H,3,6,11,13H2. The van der Waals surface area contributed by atoms with Crippen molar-refractivity contribution >= 4 is 63.4 Å². The van der Waals surface area contributed by atoms with E-state index in [9.17, 15) is 4.79 Å². The normalized spacial score (nSPS) is 16.2. The first-order valence-electron chi connectivity index (χ1n) is 9.68. The summed E-state index contributed by atoms with van der Waals surface area (Å²) < 4.78 is 6.76. The topological polar surface area (TPSA) is 54.3 Å². The number of hydrogen-bond acceptors (Lipinski definition) is 3. The molecule has 1 amide bonds. The molecule has 0 aliphatic carbocycles. The molecule has 2 aliphatic heterocycles. The molecular formula is C23H18Cl2IN3O2. The number of halogens is 3. The molecule has 0 atom stereocenters. The van der Waals surface area contributed by atoms with E-state index >= 15 is 0 Å². The average Bonchev–Trinajstić information content (AvgIpc) is 2.88. The van der Waals surface area contributed by atoms with Gasteiger partial charge in [-0.25, -0.2) is 4.99 Å². The monoisotopic (exact) mass is 565 g/mol. The number of benzene rings is 2. The largest absolute Gasteiger partial charge is 0.492 e. The van der Waals surface area contributed by atoms with E-state index in [1.807, 2.05) is 42.6 Å². The maximum Gasteiger partial charge on any atom is 0.247 e. The zero-order chi connectivity index (χ0) is 21.8. The molecule has 0 N–H and O–H groups in total. The highest BCUT2D eigenvalue weighted by molar-refractivity contribution is 14.1. The Bertz CT molecular complexity index is 1140. The van der Waals surface area contributed by atoms with Gasteiger partial charge >= 0.3 is 0 Å². The fourth-order valence-corrected chi connectivity index (χ4v) is 4.20. The van der Waals surface area contributed by atoms with E-state index in [0.29, 0.717) is 41.2 Å². The zero-order valence-electron chi connectivity index (χ0n) is 16.4. The minimum absolute atomic E-state index is 0.238. The number of carbonyl (C=O) groups is 1. The van der Waals surface area contributed by atoms with Crippen LogP contribution in [0.1, 0.15) is 24.0 Å². The van der Waals surface area contributed by atoms with Crippen molar-refractivity contribution in [1.82, 2.24) is 4.90 Å². The van der Waals surface area contributed by atoms with E-state index < -0.39 is 0 Å². The van der Waals surface area contributed by atoms with E-state index in [4.69, 9.17) is 27.9 Å². The summed E-state index contributed by atoms with van der Waals surface area (Å²) in [7, 11) is 0. The van der Waals surface area contributed by atoms with Crippen LogP contribution in [-0.4, -0.2) is 29.1 Å². The molecule has 31 heavy (non-hydrogen) atoms. The lowest BCUT2D eigenvalue weighted by atomic mass is 10.1. The summed E-state index contributed by atoms with van der Waals surface area (Å²) in [5, 5.41) is 0.990. The summed E-state index contributed by atoms with van der Waals surface area (Å²) in [6.07, 6.45) is 6.74. The van der Waals surface area contributed by atoms with Gasteiger partial charge in [0, 0.05) is 33.3 Å².